The number of anilines is 4. The van der Waals surface area contributed by atoms with Gasteiger partial charge in [0.25, 0.3) is 0 Å². The number of nitrogens with one attached hydrogen (secondary N) is 2. The van der Waals surface area contributed by atoms with Gasteiger partial charge in [0.05, 0.1) is 0 Å². The summed E-state index contributed by atoms with van der Waals surface area (Å²) in [6.45, 7) is 4.63. The number of unbranched alkanes of at least 4 members (excludes halogenated alkanes) is 1. The van der Waals surface area contributed by atoms with E-state index in [2.05, 4.69) is 32.4 Å². The van der Waals surface area contributed by atoms with Gasteiger partial charge in [-0.05, 0) is 30.7 Å². The summed E-state index contributed by atoms with van der Waals surface area (Å²) < 4.78 is 0. The van der Waals surface area contributed by atoms with Gasteiger partial charge < -0.3 is 15.5 Å². The predicted molar refractivity (Wildman–Crippen MR) is 94.2 cm³/mol. The van der Waals surface area contributed by atoms with Gasteiger partial charge in [0.2, 0.25) is 5.91 Å². The molecule has 1 aromatic heterocycles. The molecule has 2 aromatic rings. The maximum absolute atomic E-state index is 11.0. The molecule has 0 saturated carbocycles. The van der Waals surface area contributed by atoms with Crippen molar-refractivity contribution in [2.45, 2.75) is 26.7 Å². The van der Waals surface area contributed by atoms with E-state index >= 15 is 0 Å². The topological polar surface area (TPSA) is 70.2 Å². The molecule has 6 nitrogen and oxygen atoms in total. The Labute approximate surface area is 137 Å². The highest BCUT2D eigenvalue weighted by Crippen LogP contribution is 2.20. The van der Waals surface area contributed by atoms with Gasteiger partial charge in [-0.25, -0.2) is 9.97 Å². The van der Waals surface area contributed by atoms with Crippen molar-refractivity contribution in [2.24, 2.45) is 0 Å². The number of benzene rings is 1. The maximum Gasteiger partial charge on any atom is 0.221 e. The van der Waals surface area contributed by atoms with E-state index < -0.39 is 0 Å². The summed E-state index contributed by atoms with van der Waals surface area (Å²) in [5.74, 6) is 1.55. The second-order valence-electron chi connectivity index (χ2n) is 5.42. The van der Waals surface area contributed by atoms with E-state index in [1.54, 1.807) is 6.33 Å². The van der Waals surface area contributed by atoms with E-state index in [-0.39, 0.29) is 5.91 Å². The Bertz CT molecular complexity index is 642. The van der Waals surface area contributed by atoms with Crippen LogP contribution in [0.4, 0.5) is 23.0 Å². The molecule has 1 heterocycles. The molecule has 0 bridgehead atoms. The monoisotopic (exact) mass is 313 g/mol. The van der Waals surface area contributed by atoms with Gasteiger partial charge in [-0.3, -0.25) is 4.79 Å². The molecular weight excluding hydrogens is 290 g/mol. The Kier molecular flexibility index (Phi) is 5.91. The number of carbonyl (C=O) groups is 1. The van der Waals surface area contributed by atoms with E-state index in [1.807, 2.05) is 37.4 Å². The highest BCUT2D eigenvalue weighted by atomic mass is 16.1. The second kappa shape index (κ2) is 8.12. The van der Waals surface area contributed by atoms with E-state index in [4.69, 9.17) is 0 Å². The molecule has 2 N–H and O–H groups in total. The zero-order chi connectivity index (χ0) is 16.7. The Morgan fingerprint density at radius 3 is 2.52 bits per heavy atom. The molecule has 0 aliphatic carbocycles. The lowest BCUT2D eigenvalue weighted by atomic mass is 10.2. The van der Waals surface area contributed by atoms with Crippen molar-refractivity contribution < 1.29 is 4.79 Å². The number of hydrogen-bond acceptors (Lipinski definition) is 5. The predicted octanol–water partition coefficient (Wildman–Crippen LogP) is 3.41. The van der Waals surface area contributed by atoms with Crippen molar-refractivity contribution in [3.05, 3.63) is 36.7 Å². The Hall–Kier alpha value is -2.63. The fraction of sp³-hybridized carbons (Fsp3) is 0.353. The normalized spacial score (nSPS) is 10.2. The van der Waals surface area contributed by atoms with Crippen LogP contribution in [0.25, 0.3) is 0 Å². The average molecular weight is 313 g/mol. The minimum absolute atomic E-state index is 0.0822. The van der Waals surface area contributed by atoms with Gasteiger partial charge in [-0.1, -0.05) is 13.3 Å². The molecule has 2 rings (SSSR count). The van der Waals surface area contributed by atoms with E-state index in [0.29, 0.717) is 0 Å². The molecule has 0 unspecified atom stereocenters. The standard InChI is InChI=1S/C17H23N5O/c1-4-5-10-22(3)17-11-16(18-12-19-17)21-15-8-6-14(7-9-15)20-13(2)23/h6-9,11-12H,4-5,10H2,1-3H3,(H,20,23)(H,18,19,21). The SMILES string of the molecule is CCCCN(C)c1cc(Nc2ccc(NC(C)=O)cc2)ncn1. The van der Waals surface area contributed by atoms with Gasteiger partial charge in [0, 0.05) is 38.0 Å². The third-order valence-electron chi connectivity index (χ3n) is 3.37. The first kappa shape index (κ1) is 16.7. The first-order valence-corrected chi connectivity index (χ1v) is 7.76. The van der Waals surface area contributed by atoms with Crippen LogP contribution in [0.2, 0.25) is 0 Å². The van der Waals surface area contributed by atoms with Crippen LogP contribution in [0.3, 0.4) is 0 Å². The third-order valence-corrected chi connectivity index (χ3v) is 3.37. The van der Waals surface area contributed by atoms with Crippen LogP contribution < -0.4 is 15.5 Å². The molecule has 0 atom stereocenters. The number of hydrogen-bond donors (Lipinski definition) is 2. The molecule has 0 spiro atoms. The van der Waals surface area contributed by atoms with Crippen LogP contribution >= 0.6 is 0 Å². The van der Waals surface area contributed by atoms with Crippen LogP contribution in [-0.2, 0) is 4.79 Å². The number of carbonyl (C=O) groups excluding carboxylic acids is 1. The number of nitrogens with zero attached hydrogens (tertiary/aromatic N) is 3. The molecule has 1 amide bonds. The van der Waals surface area contributed by atoms with Gasteiger partial charge in [-0.2, -0.15) is 0 Å². The van der Waals surface area contributed by atoms with Gasteiger partial charge in [0.1, 0.15) is 18.0 Å². The molecule has 0 fully saturated rings. The van der Waals surface area contributed by atoms with Crippen molar-refractivity contribution in [3.63, 3.8) is 0 Å². The molecule has 6 heteroatoms. The zero-order valence-electron chi connectivity index (χ0n) is 13.8. The lowest BCUT2D eigenvalue weighted by Gasteiger charge is -2.18. The quantitative estimate of drug-likeness (QED) is 0.819. The minimum atomic E-state index is -0.0822. The van der Waals surface area contributed by atoms with Gasteiger partial charge >= 0.3 is 0 Å². The molecule has 0 saturated heterocycles. The van der Waals surface area contributed by atoms with Crippen LogP contribution in [0.1, 0.15) is 26.7 Å². The first-order valence-electron chi connectivity index (χ1n) is 7.76. The Morgan fingerprint density at radius 1 is 1.17 bits per heavy atom. The van der Waals surface area contributed by atoms with Crippen molar-refractivity contribution >= 4 is 28.9 Å². The molecule has 0 aliphatic heterocycles. The molecule has 1 aromatic carbocycles. The van der Waals surface area contributed by atoms with Gasteiger partial charge in [-0.15, -0.1) is 0 Å². The molecule has 122 valence electrons. The fourth-order valence-electron chi connectivity index (χ4n) is 2.12. The number of rotatable bonds is 7. The van der Waals surface area contributed by atoms with E-state index in [9.17, 15) is 4.79 Å². The zero-order valence-corrected chi connectivity index (χ0v) is 13.8. The lowest BCUT2D eigenvalue weighted by molar-refractivity contribution is -0.114. The van der Waals surface area contributed by atoms with Crippen LogP contribution in [0.5, 0.6) is 0 Å². The summed E-state index contributed by atoms with van der Waals surface area (Å²) >= 11 is 0. The van der Waals surface area contributed by atoms with Crippen molar-refractivity contribution in [1.29, 1.82) is 0 Å². The highest BCUT2D eigenvalue weighted by molar-refractivity contribution is 5.88. The largest absolute Gasteiger partial charge is 0.360 e. The minimum Gasteiger partial charge on any atom is -0.360 e. The van der Waals surface area contributed by atoms with Gasteiger partial charge in [0.15, 0.2) is 0 Å². The Morgan fingerprint density at radius 2 is 1.87 bits per heavy atom. The third kappa shape index (κ3) is 5.25. The summed E-state index contributed by atoms with van der Waals surface area (Å²) in [6.07, 6.45) is 3.85. The number of amides is 1. The van der Waals surface area contributed by atoms with E-state index in [0.717, 1.165) is 42.4 Å². The summed E-state index contributed by atoms with van der Waals surface area (Å²) in [7, 11) is 2.03. The lowest BCUT2D eigenvalue weighted by Crippen LogP contribution is -2.19. The molecule has 0 aliphatic rings. The summed E-state index contributed by atoms with van der Waals surface area (Å²) in [5.41, 5.74) is 1.67. The van der Waals surface area contributed by atoms with Crippen molar-refractivity contribution in [3.8, 4) is 0 Å². The van der Waals surface area contributed by atoms with Crippen molar-refractivity contribution in [2.75, 3.05) is 29.1 Å². The highest BCUT2D eigenvalue weighted by Gasteiger charge is 2.04. The summed E-state index contributed by atoms with van der Waals surface area (Å²) in [5, 5.41) is 5.99. The Balaban J connectivity index is 2.03. The smallest absolute Gasteiger partial charge is 0.221 e. The first-order chi connectivity index (χ1) is 11.1. The van der Waals surface area contributed by atoms with Crippen LogP contribution in [0, 0.1) is 0 Å². The number of aromatic nitrogens is 2. The molecule has 0 radical (unpaired) electrons. The van der Waals surface area contributed by atoms with Crippen LogP contribution in [0.15, 0.2) is 36.7 Å². The van der Waals surface area contributed by atoms with E-state index in [1.165, 1.54) is 6.92 Å². The summed E-state index contributed by atoms with van der Waals surface area (Å²) in [4.78, 5) is 21.7. The van der Waals surface area contributed by atoms with Crippen LogP contribution in [-0.4, -0.2) is 29.5 Å². The molecule has 23 heavy (non-hydrogen) atoms. The van der Waals surface area contributed by atoms with Crippen molar-refractivity contribution in [1.82, 2.24) is 9.97 Å². The molecular formula is C17H23N5O. The maximum atomic E-state index is 11.0. The second-order valence-corrected chi connectivity index (χ2v) is 5.42. The fourth-order valence-corrected chi connectivity index (χ4v) is 2.12. The summed E-state index contributed by atoms with van der Waals surface area (Å²) in [6, 6.07) is 9.41. The average Bonchev–Trinajstić information content (AvgIpc) is 2.54.